The lowest BCUT2D eigenvalue weighted by atomic mass is 10.4. The molecule has 0 aliphatic carbocycles. The lowest BCUT2D eigenvalue weighted by molar-refractivity contribution is 0.542. The van der Waals surface area contributed by atoms with Crippen LogP contribution in [0.2, 0.25) is 5.02 Å². The van der Waals surface area contributed by atoms with E-state index in [0.717, 1.165) is 0 Å². The van der Waals surface area contributed by atoms with E-state index in [9.17, 15) is 8.42 Å². The molecule has 0 saturated heterocycles. The third-order valence-electron chi connectivity index (χ3n) is 2.69. The number of nitrogens with zero attached hydrogens (tertiary/aromatic N) is 4. The predicted octanol–water partition coefficient (Wildman–Crippen LogP) is 0.737. The van der Waals surface area contributed by atoms with Crippen LogP contribution in [-0.4, -0.2) is 42.0 Å². The molecule has 2 aromatic rings. The first-order chi connectivity index (χ1) is 10.0. The minimum atomic E-state index is -3.62. The van der Waals surface area contributed by atoms with Crippen molar-refractivity contribution in [3.63, 3.8) is 0 Å². The van der Waals surface area contributed by atoms with Gasteiger partial charge in [-0.3, -0.25) is 4.68 Å². The number of aromatic nitrogens is 4. The number of halogens is 1. The molecule has 2 N–H and O–H groups in total. The molecule has 0 unspecified atom stereocenters. The van der Waals surface area contributed by atoms with Crippen LogP contribution >= 0.6 is 11.6 Å². The van der Waals surface area contributed by atoms with Crippen molar-refractivity contribution in [2.45, 2.75) is 17.9 Å². The highest BCUT2D eigenvalue weighted by Gasteiger charge is 2.15. The lowest BCUT2D eigenvalue weighted by Crippen LogP contribution is -2.25. The van der Waals surface area contributed by atoms with E-state index in [-0.39, 0.29) is 16.5 Å². The standard InChI is InChI=1S/C11H15ClN6O2S/c1-13-11-10(12)7-9(8-14-11)21(19,20)16-3-2-5-18-6-4-15-17-18/h4,6-8,16H,2-3,5H2,1H3,(H,13,14). The molecule has 0 spiro atoms. The van der Waals surface area contributed by atoms with Crippen molar-refractivity contribution in [1.82, 2.24) is 24.7 Å². The molecule has 0 aromatic carbocycles. The molecule has 2 aromatic heterocycles. The van der Waals surface area contributed by atoms with Crippen LogP contribution in [-0.2, 0) is 16.6 Å². The minimum Gasteiger partial charge on any atom is -0.372 e. The van der Waals surface area contributed by atoms with Gasteiger partial charge in [-0.05, 0) is 12.5 Å². The number of aryl methyl sites for hydroxylation is 1. The Kier molecular flexibility index (Phi) is 5.10. The molecular formula is C11H15ClN6O2S. The summed E-state index contributed by atoms with van der Waals surface area (Å²) in [5.74, 6) is 0.432. The summed E-state index contributed by atoms with van der Waals surface area (Å²) in [6, 6.07) is 1.36. The van der Waals surface area contributed by atoms with Gasteiger partial charge in [0.1, 0.15) is 10.7 Å². The number of nitrogens with one attached hydrogen (secondary N) is 2. The number of rotatable bonds is 7. The molecular weight excluding hydrogens is 316 g/mol. The Bertz CT molecular complexity index is 689. The normalized spacial score (nSPS) is 11.5. The summed E-state index contributed by atoms with van der Waals surface area (Å²) >= 11 is 5.93. The first-order valence-corrected chi connectivity index (χ1v) is 8.06. The zero-order chi connectivity index (χ0) is 15.3. The van der Waals surface area contributed by atoms with E-state index in [0.29, 0.717) is 18.8 Å². The Hall–Kier alpha value is -1.71. The molecule has 0 radical (unpaired) electrons. The second kappa shape index (κ2) is 6.83. The molecule has 0 amide bonds. The van der Waals surface area contributed by atoms with Crippen molar-refractivity contribution in [2.24, 2.45) is 0 Å². The van der Waals surface area contributed by atoms with Crippen LogP contribution in [0.25, 0.3) is 0 Å². The summed E-state index contributed by atoms with van der Waals surface area (Å²) in [6.07, 6.45) is 5.14. The summed E-state index contributed by atoms with van der Waals surface area (Å²) in [7, 11) is -1.96. The molecule has 0 aliphatic rings. The molecule has 10 heteroatoms. The van der Waals surface area contributed by atoms with Crippen LogP contribution < -0.4 is 10.0 Å². The van der Waals surface area contributed by atoms with Gasteiger partial charge in [-0.15, -0.1) is 5.10 Å². The summed E-state index contributed by atoms with van der Waals surface area (Å²) in [4.78, 5) is 3.98. The van der Waals surface area contributed by atoms with Gasteiger partial charge in [-0.1, -0.05) is 16.8 Å². The van der Waals surface area contributed by atoms with Gasteiger partial charge in [0.2, 0.25) is 10.0 Å². The van der Waals surface area contributed by atoms with Crippen LogP contribution in [0.1, 0.15) is 6.42 Å². The monoisotopic (exact) mass is 330 g/mol. The van der Waals surface area contributed by atoms with E-state index in [1.807, 2.05) is 0 Å². The van der Waals surface area contributed by atoms with Crippen molar-refractivity contribution in [2.75, 3.05) is 18.9 Å². The van der Waals surface area contributed by atoms with E-state index < -0.39 is 10.0 Å². The largest absolute Gasteiger partial charge is 0.372 e. The van der Waals surface area contributed by atoms with E-state index >= 15 is 0 Å². The average Bonchev–Trinajstić information content (AvgIpc) is 2.97. The lowest BCUT2D eigenvalue weighted by Gasteiger charge is -2.08. The number of hydrogen-bond acceptors (Lipinski definition) is 6. The van der Waals surface area contributed by atoms with Gasteiger partial charge in [0.05, 0.1) is 11.2 Å². The maximum atomic E-state index is 12.1. The van der Waals surface area contributed by atoms with Crippen molar-refractivity contribution < 1.29 is 8.42 Å². The van der Waals surface area contributed by atoms with Gasteiger partial charge in [0.15, 0.2) is 0 Å². The first kappa shape index (κ1) is 15.7. The Balaban J connectivity index is 1.93. The number of hydrogen-bond donors (Lipinski definition) is 2. The average molecular weight is 331 g/mol. The second-order valence-electron chi connectivity index (χ2n) is 4.17. The van der Waals surface area contributed by atoms with Gasteiger partial charge < -0.3 is 5.32 Å². The van der Waals surface area contributed by atoms with Crippen LogP contribution in [0.15, 0.2) is 29.6 Å². The van der Waals surface area contributed by atoms with Crippen molar-refractivity contribution in [1.29, 1.82) is 0 Å². The Labute approximate surface area is 127 Å². The second-order valence-corrected chi connectivity index (χ2v) is 6.34. The van der Waals surface area contributed by atoms with Crippen LogP contribution in [0.4, 0.5) is 5.82 Å². The molecule has 0 fully saturated rings. The van der Waals surface area contributed by atoms with Crippen molar-refractivity contribution in [3.05, 3.63) is 29.7 Å². The molecule has 21 heavy (non-hydrogen) atoms. The van der Waals surface area contributed by atoms with Crippen LogP contribution in [0.5, 0.6) is 0 Å². The van der Waals surface area contributed by atoms with Gasteiger partial charge in [-0.25, -0.2) is 18.1 Å². The Morgan fingerprint density at radius 2 is 2.24 bits per heavy atom. The highest BCUT2D eigenvalue weighted by Crippen LogP contribution is 2.21. The minimum absolute atomic E-state index is 0.0345. The summed E-state index contributed by atoms with van der Waals surface area (Å²) < 4.78 is 28.3. The SMILES string of the molecule is CNc1ncc(S(=O)(=O)NCCCn2ccnn2)cc1Cl. The fourth-order valence-electron chi connectivity index (χ4n) is 1.63. The molecule has 0 aliphatic heterocycles. The van der Waals surface area contributed by atoms with Crippen molar-refractivity contribution >= 4 is 27.4 Å². The highest BCUT2D eigenvalue weighted by atomic mass is 35.5. The van der Waals surface area contributed by atoms with E-state index in [1.165, 1.54) is 12.3 Å². The molecule has 2 heterocycles. The zero-order valence-corrected chi connectivity index (χ0v) is 12.9. The van der Waals surface area contributed by atoms with Crippen molar-refractivity contribution in [3.8, 4) is 0 Å². The number of sulfonamides is 1. The van der Waals surface area contributed by atoms with E-state index in [4.69, 9.17) is 11.6 Å². The Morgan fingerprint density at radius 1 is 1.43 bits per heavy atom. The number of anilines is 1. The summed E-state index contributed by atoms with van der Waals surface area (Å²) in [5, 5.41) is 10.5. The smallest absolute Gasteiger partial charge is 0.242 e. The fraction of sp³-hybridized carbons (Fsp3) is 0.364. The van der Waals surface area contributed by atoms with Crippen LogP contribution in [0, 0.1) is 0 Å². The molecule has 2 rings (SSSR count). The fourth-order valence-corrected chi connectivity index (χ4v) is 3.00. The summed E-state index contributed by atoms with van der Waals surface area (Å²) in [6.45, 7) is 0.869. The quantitative estimate of drug-likeness (QED) is 0.726. The Morgan fingerprint density at radius 3 is 2.86 bits per heavy atom. The summed E-state index contributed by atoms with van der Waals surface area (Å²) in [5.41, 5.74) is 0. The topological polar surface area (TPSA) is 102 Å². The third kappa shape index (κ3) is 4.13. The van der Waals surface area contributed by atoms with E-state index in [2.05, 4.69) is 25.3 Å². The third-order valence-corrected chi connectivity index (χ3v) is 4.41. The maximum Gasteiger partial charge on any atom is 0.242 e. The van der Waals surface area contributed by atoms with Gasteiger partial charge in [-0.2, -0.15) is 0 Å². The number of pyridine rings is 1. The van der Waals surface area contributed by atoms with Gasteiger partial charge in [0.25, 0.3) is 0 Å². The molecule has 0 saturated carbocycles. The van der Waals surface area contributed by atoms with Gasteiger partial charge in [0, 0.05) is 32.5 Å². The zero-order valence-electron chi connectivity index (χ0n) is 11.3. The molecule has 114 valence electrons. The van der Waals surface area contributed by atoms with E-state index in [1.54, 1.807) is 24.1 Å². The van der Waals surface area contributed by atoms with Gasteiger partial charge >= 0.3 is 0 Å². The molecule has 8 nitrogen and oxygen atoms in total. The predicted molar refractivity (Wildman–Crippen MR) is 78.6 cm³/mol. The maximum absolute atomic E-state index is 12.1. The van der Waals surface area contributed by atoms with Crippen LogP contribution in [0.3, 0.4) is 0 Å². The molecule has 0 bridgehead atoms. The molecule has 0 atom stereocenters. The highest BCUT2D eigenvalue weighted by molar-refractivity contribution is 7.89. The first-order valence-electron chi connectivity index (χ1n) is 6.20.